The van der Waals surface area contributed by atoms with E-state index in [0.29, 0.717) is 11.5 Å². The number of pyridine rings is 1. The molecule has 0 bridgehead atoms. The first-order valence-corrected chi connectivity index (χ1v) is 6.66. The van der Waals surface area contributed by atoms with Crippen LogP contribution >= 0.6 is 0 Å². The van der Waals surface area contributed by atoms with Gasteiger partial charge < -0.3 is 15.6 Å². The standard InChI is InChI=1S/C13H21N5O/c1-10(9-18-7-2-3-8-18)15-13(19)11-5-4-6-12(16-11)17-14/h4-6,10H,2-3,7-9,14H2,1H3,(H,15,19)(H,16,17). The van der Waals surface area contributed by atoms with Crippen molar-refractivity contribution in [2.45, 2.75) is 25.8 Å². The second kappa shape index (κ2) is 6.49. The highest BCUT2D eigenvalue weighted by Gasteiger charge is 2.17. The molecule has 4 N–H and O–H groups in total. The summed E-state index contributed by atoms with van der Waals surface area (Å²) >= 11 is 0. The van der Waals surface area contributed by atoms with Gasteiger partial charge >= 0.3 is 0 Å². The Hall–Kier alpha value is -1.66. The summed E-state index contributed by atoms with van der Waals surface area (Å²) in [5, 5.41) is 2.96. The predicted molar refractivity (Wildman–Crippen MR) is 74.6 cm³/mol. The molecule has 1 aliphatic rings. The van der Waals surface area contributed by atoms with Crippen LogP contribution in [-0.2, 0) is 0 Å². The van der Waals surface area contributed by atoms with E-state index in [9.17, 15) is 4.79 Å². The molecule has 6 nitrogen and oxygen atoms in total. The molecule has 1 unspecified atom stereocenters. The molecule has 2 rings (SSSR count). The van der Waals surface area contributed by atoms with Gasteiger partial charge in [0, 0.05) is 12.6 Å². The fourth-order valence-electron chi connectivity index (χ4n) is 2.34. The summed E-state index contributed by atoms with van der Waals surface area (Å²) in [7, 11) is 0. The molecule has 1 aromatic heterocycles. The van der Waals surface area contributed by atoms with Gasteiger partial charge in [0.2, 0.25) is 0 Å². The number of anilines is 1. The summed E-state index contributed by atoms with van der Waals surface area (Å²) in [6, 6.07) is 5.26. The lowest BCUT2D eigenvalue weighted by molar-refractivity contribution is 0.0927. The number of nitrogens with one attached hydrogen (secondary N) is 2. The molecule has 1 amide bonds. The minimum Gasteiger partial charge on any atom is -0.347 e. The van der Waals surface area contributed by atoms with Gasteiger partial charge in [-0.15, -0.1) is 0 Å². The van der Waals surface area contributed by atoms with Crippen LogP contribution in [0.25, 0.3) is 0 Å². The Labute approximate surface area is 113 Å². The predicted octanol–water partition coefficient (Wildman–Crippen LogP) is 0.581. The number of carbonyl (C=O) groups excluding carboxylic acids is 1. The smallest absolute Gasteiger partial charge is 0.270 e. The van der Waals surface area contributed by atoms with Crippen LogP contribution < -0.4 is 16.6 Å². The Kier molecular flexibility index (Phi) is 4.70. The second-order valence-corrected chi connectivity index (χ2v) is 4.93. The Morgan fingerprint density at radius 2 is 2.21 bits per heavy atom. The molecule has 0 aromatic carbocycles. The third kappa shape index (κ3) is 3.90. The molecule has 19 heavy (non-hydrogen) atoms. The number of nitrogens with zero attached hydrogens (tertiary/aromatic N) is 2. The number of rotatable bonds is 5. The number of nitrogens with two attached hydrogens (primary N) is 1. The van der Waals surface area contributed by atoms with E-state index in [0.717, 1.165) is 19.6 Å². The average Bonchev–Trinajstić information content (AvgIpc) is 2.91. The monoisotopic (exact) mass is 263 g/mol. The van der Waals surface area contributed by atoms with Crippen LogP contribution in [0, 0.1) is 0 Å². The van der Waals surface area contributed by atoms with Gasteiger partial charge in [-0.1, -0.05) is 6.07 Å². The van der Waals surface area contributed by atoms with E-state index >= 15 is 0 Å². The molecule has 1 fully saturated rings. The van der Waals surface area contributed by atoms with E-state index in [2.05, 4.69) is 20.6 Å². The van der Waals surface area contributed by atoms with Gasteiger partial charge in [-0.2, -0.15) is 0 Å². The quantitative estimate of drug-likeness (QED) is 0.535. The van der Waals surface area contributed by atoms with Gasteiger partial charge in [0.25, 0.3) is 5.91 Å². The van der Waals surface area contributed by atoms with E-state index < -0.39 is 0 Å². The molecular formula is C13H21N5O. The minimum atomic E-state index is -0.163. The zero-order valence-electron chi connectivity index (χ0n) is 11.2. The van der Waals surface area contributed by atoms with Crippen LogP contribution in [0.15, 0.2) is 18.2 Å². The van der Waals surface area contributed by atoms with Crippen LogP contribution in [-0.4, -0.2) is 41.5 Å². The van der Waals surface area contributed by atoms with Gasteiger partial charge in [0.1, 0.15) is 11.5 Å². The molecule has 2 heterocycles. The van der Waals surface area contributed by atoms with Gasteiger partial charge in [0.15, 0.2) is 0 Å². The minimum absolute atomic E-state index is 0.113. The number of hydrazine groups is 1. The van der Waals surface area contributed by atoms with Crippen molar-refractivity contribution in [1.29, 1.82) is 0 Å². The third-order valence-corrected chi connectivity index (χ3v) is 3.24. The molecule has 0 aliphatic carbocycles. The van der Waals surface area contributed by atoms with Crippen molar-refractivity contribution in [2.24, 2.45) is 5.84 Å². The molecule has 0 radical (unpaired) electrons. The largest absolute Gasteiger partial charge is 0.347 e. The van der Waals surface area contributed by atoms with Crippen molar-refractivity contribution in [3.05, 3.63) is 23.9 Å². The van der Waals surface area contributed by atoms with E-state index in [1.165, 1.54) is 12.8 Å². The normalized spacial score (nSPS) is 17.2. The Bertz CT molecular complexity index is 431. The lowest BCUT2D eigenvalue weighted by Crippen LogP contribution is -2.41. The first kappa shape index (κ1) is 13.8. The zero-order valence-corrected chi connectivity index (χ0v) is 11.2. The van der Waals surface area contributed by atoms with E-state index in [-0.39, 0.29) is 11.9 Å². The zero-order chi connectivity index (χ0) is 13.7. The van der Waals surface area contributed by atoms with Crippen LogP contribution in [0.5, 0.6) is 0 Å². The van der Waals surface area contributed by atoms with Crippen molar-refractivity contribution in [1.82, 2.24) is 15.2 Å². The molecule has 1 aromatic rings. The number of nitrogen functional groups attached to an aromatic ring is 1. The number of carbonyl (C=O) groups is 1. The van der Waals surface area contributed by atoms with Gasteiger partial charge in [-0.3, -0.25) is 4.79 Å². The first-order valence-electron chi connectivity index (χ1n) is 6.66. The molecule has 0 spiro atoms. The fraction of sp³-hybridized carbons (Fsp3) is 0.538. The number of hydrogen-bond donors (Lipinski definition) is 3. The number of amides is 1. The summed E-state index contributed by atoms with van der Waals surface area (Å²) in [4.78, 5) is 18.5. The summed E-state index contributed by atoms with van der Waals surface area (Å²) in [6.07, 6.45) is 2.51. The summed E-state index contributed by atoms with van der Waals surface area (Å²) < 4.78 is 0. The lowest BCUT2D eigenvalue weighted by atomic mass is 10.2. The van der Waals surface area contributed by atoms with Crippen LogP contribution in [0.3, 0.4) is 0 Å². The molecule has 0 saturated carbocycles. The van der Waals surface area contributed by atoms with Gasteiger partial charge in [-0.25, -0.2) is 10.8 Å². The number of likely N-dealkylation sites (tertiary alicyclic amines) is 1. The average molecular weight is 263 g/mol. The van der Waals surface area contributed by atoms with E-state index in [4.69, 9.17) is 5.84 Å². The maximum Gasteiger partial charge on any atom is 0.270 e. The highest BCUT2D eigenvalue weighted by Crippen LogP contribution is 2.08. The molecular weight excluding hydrogens is 242 g/mol. The second-order valence-electron chi connectivity index (χ2n) is 4.93. The van der Waals surface area contributed by atoms with E-state index in [1.807, 2.05) is 6.92 Å². The molecule has 1 saturated heterocycles. The van der Waals surface area contributed by atoms with Crippen LogP contribution in [0.1, 0.15) is 30.3 Å². The summed E-state index contributed by atoms with van der Waals surface area (Å²) in [5.74, 6) is 5.60. The van der Waals surface area contributed by atoms with E-state index in [1.54, 1.807) is 18.2 Å². The Morgan fingerprint density at radius 3 is 2.89 bits per heavy atom. The molecule has 1 aliphatic heterocycles. The third-order valence-electron chi connectivity index (χ3n) is 3.24. The van der Waals surface area contributed by atoms with Crippen LogP contribution in [0.4, 0.5) is 5.82 Å². The van der Waals surface area contributed by atoms with Gasteiger partial charge in [-0.05, 0) is 45.0 Å². The number of aromatic nitrogens is 1. The SMILES string of the molecule is CC(CN1CCCC1)NC(=O)c1cccc(NN)n1. The first-order chi connectivity index (χ1) is 9.19. The van der Waals surface area contributed by atoms with Crippen molar-refractivity contribution < 1.29 is 4.79 Å². The molecule has 6 heteroatoms. The lowest BCUT2D eigenvalue weighted by Gasteiger charge is -2.21. The van der Waals surface area contributed by atoms with Crippen molar-refractivity contribution in [3.63, 3.8) is 0 Å². The maximum atomic E-state index is 12.0. The maximum absolute atomic E-state index is 12.0. The summed E-state index contributed by atoms with van der Waals surface area (Å²) in [6.45, 7) is 5.16. The molecule has 104 valence electrons. The highest BCUT2D eigenvalue weighted by atomic mass is 16.1. The van der Waals surface area contributed by atoms with Crippen LogP contribution in [0.2, 0.25) is 0 Å². The van der Waals surface area contributed by atoms with Crippen molar-refractivity contribution >= 4 is 11.7 Å². The van der Waals surface area contributed by atoms with Crippen molar-refractivity contribution in [2.75, 3.05) is 25.1 Å². The fourth-order valence-corrected chi connectivity index (χ4v) is 2.34. The Balaban J connectivity index is 1.88. The molecule has 1 atom stereocenters. The summed E-state index contributed by atoms with van der Waals surface area (Å²) in [5.41, 5.74) is 2.81. The van der Waals surface area contributed by atoms with Gasteiger partial charge in [0.05, 0.1) is 0 Å². The highest BCUT2D eigenvalue weighted by molar-refractivity contribution is 5.92. The Morgan fingerprint density at radius 1 is 1.47 bits per heavy atom. The van der Waals surface area contributed by atoms with Crippen molar-refractivity contribution in [3.8, 4) is 0 Å². The topological polar surface area (TPSA) is 83.3 Å². The number of hydrogen-bond acceptors (Lipinski definition) is 5.